The second-order valence-corrected chi connectivity index (χ2v) is 8.00. The zero-order valence-corrected chi connectivity index (χ0v) is 17.4. The highest BCUT2D eigenvalue weighted by Crippen LogP contribution is 2.33. The van der Waals surface area contributed by atoms with Crippen LogP contribution in [0.1, 0.15) is 41.8 Å². The molecule has 0 unspecified atom stereocenters. The van der Waals surface area contributed by atoms with Gasteiger partial charge in [0.05, 0.1) is 17.6 Å². The fourth-order valence-corrected chi connectivity index (χ4v) is 4.18. The lowest BCUT2D eigenvalue weighted by Crippen LogP contribution is -2.32. The summed E-state index contributed by atoms with van der Waals surface area (Å²) in [4.78, 5) is 17.1. The maximum atomic E-state index is 12.5. The van der Waals surface area contributed by atoms with E-state index in [4.69, 9.17) is 4.52 Å². The van der Waals surface area contributed by atoms with Gasteiger partial charge in [0, 0.05) is 29.1 Å². The first-order chi connectivity index (χ1) is 15.2. The average Bonchev–Trinajstić information content (AvgIpc) is 3.55. The molecule has 2 aromatic heterocycles. The van der Waals surface area contributed by atoms with Crippen LogP contribution in [0.5, 0.6) is 0 Å². The van der Waals surface area contributed by atoms with Crippen LogP contribution in [0.2, 0.25) is 0 Å². The molecule has 1 saturated carbocycles. The van der Waals surface area contributed by atoms with Gasteiger partial charge in [-0.1, -0.05) is 48.3 Å². The third kappa shape index (κ3) is 3.89. The van der Waals surface area contributed by atoms with E-state index in [1.54, 1.807) is 6.33 Å². The van der Waals surface area contributed by atoms with Crippen molar-refractivity contribution in [2.24, 2.45) is 0 Å². The molecule has 0 spiro atoms. The minimum atomic E-state index is -0.00244. The van der Waals surface area contributed by atoms with E-state index in [9.17, 15) is 4.79 Å². The van der Waals surface area contributed by atoms with Gasteiger partial charge in [-0.15, -0.1) is 0 Å². The van der Waals surface area contributed by atoms with Crippen molar-refractivity contribution in [3.8, 4) is 28.2 Å². The maximum Gasteiger partial charge on any atom is 0.251 e. The molecule has 1 aliphatic rings. The summed E-state index contributed by atoms with van der Waals surface area (Å²) in [5.41, 5.74) is 5.06. The van der Waals surface area contributed by atoms with Crippen molar-refractivity contribution >= 4 is 5.91 Å². The van der Waals surface area contributed by atoms with Gasteiger partial charge in [0.25, 0.3) is 5.91 Å². The number of nitrogens with zero attached hydrogens (tertiary/aromatic N) is 3. The van der Waals surface area contributed by atoms with Crippen LogP contribution in [0.4, 0.5) is 0 Å². The summed E-state index contributed by atoms with van der Waals surface area (Å²) in [5, 5.41) is 7.38. The van der Waals surface area contributed by atoms with Crippen molar-refractivity contribution in [2.75, 3.05) is 0 Å². The predicted octanol–water partition coefficient (Wildman–Crippen LogP) is 5.18. The van der Waals surface area contributed by atoms with Gasteiger partial charge in [0.2, 0.25) is 0 Å². The Balaban J connectivity index is 1.38. The maximum absolute atomic E-state index is 12.5. The molecule has 0 atom stereocenters. The van der Waals surface area contributed by atoms with Crippen LogP contribution in [-0.2, 0) is 0 Å². The molecule has 0 saturated heterocycles. The summed E-state index contributed by atoms with van der Waals surface area (Å²) in [6.45, 7) is 1.89. The van der Waals surface area contributed by atoms with Crippen molar-refractivity contribution < 1.29 is 9.32 Å². The van der Waals surface area contributed by atoms with Crippen molar-refractivity contribution in [2.45, 2.75) is 38.6 Å². The van der Waals surface area contributed by atoms with E-state index < -0.39 is 0 Å². The number of aryl methyl sites for hydroxylation is 1. The van der Waals surface area contributed by atoms with Gasteiger partial charge in [-0.05, 0) is 44.0 Å². The van der Waals surface area contributed by atoms with Crippen molar-refractivity contribution in [3.63, 3.8) is 0 Å². The number of carbonyl (C=O) groups excluding carboxylic acids is 1. The highest BCUT2D eigenvalue weighted by atomic mass is 16.5. The van der Waals surface area contributed by atoms with E-state index in [-0.39, 0.29) is 5.91 Å². The number of nitrogens with one attached hydrogen (secondary N) is 1. The monoisotopic (exact) mass is 412 g/mol. The Morgan fingerprint density at radius 2 is 1.81 bits per heavy atom. The minimum absolute atomic E-state index is 0.00244. The van der Waals surface area contributed by atoms with Crippen LogP contribution in [0.3, 0.4) is 0 Å². The average molecular weight is 412 g/mol. The number of benzene rings is 2. The molecule has 1 aliphatic carbocycles. The number of imidazole rings is 1. The first-order valence-electron chi connectivity index (χ1n) is 10.7. The fourth-order valence-electron chi connectivity index (χ4n) is 4.18. The zero-order chi connectivity index (χ0) is 21.2. The van der Waals surface area contributed by atoms with Gasteiger partial charge in [-0.3, -0.25) is 4.79 Å². The van der Waals surface area contributed by atoms with Crippen molar-refractivity contribution in [3.05, 3.63) is 78.4 Å². The van der Waals surface area contributed by atoms with E-state index in [0.29, 0.717) is 11.6 Å². The number of amides is 1. The summed E-state index contributed by atoms with van der Waals surface area (Å²) in [5.74, 6) is 0.723. The normalized spacial score (nSPS) is 14.1. The Morgan fingerprint density at radius 3 is 2.55 bits per heavy atom. The van der Waals surface area contributed by atoms with Crippen LogP contribution < -0.4 is 5.32 Å². The Hall–Kier alpha value is -3.67. The fraction of sp³-hybridized carbons (Fsp3) is 0.240. The Morgan fingerprint density at radius 1 is 1.06 bits per heavy atom. The highest BCUT2D eigenvalue weighted by molar-refractivity contribution is 5.94. The molecule has 1 amide bonds. The molecule has 1 N–H and O–H groups in total. The van der Waals surface area contributed by atoms with Gasteiger partial charge in [-0.25, -0.2) is 4.98 Å². The number of aromatic nitrogens is 3. The molecular formula is C25H24N4O2. The van der Waals surface area contributed by atoms with Gasteiger partial charge < -0.3 is 14.4 Å². The summed E-state index contributed by atoms with van der Waals surface area (Å²) in [6, 6.07) is 17.9. The SMILES string of the molecule is Cc1onc(-c2ccccc2)c1-c1cn(-c2ccc(C(=O)NC3CCCC3)cc2)cn1. The standard InChI is InChI=1S/C25H24N4O2/c1-17-23(24(28-31-17)18-7-3-2-4-8-18)22-15-29(16-26-22)21-13-11-19(12-14-21)25(30)27-20-9-5-6-10-20/h2-4,7-8,11-16,20H,5-6,9-10H2,1H3,(H,27,30). The van der Waals surface area contributed by atoms with Crippen LogP contribution in [0, 0.1) is 6.92 Å². The summed E-state index contributed by atoms with van der Waals surface area (Å²) < 4.78 is 7.41. The minimum Gasteiger partial charge on any atom is -0.360 e. The number of hydrogen-bond donors (Lipinski definition) is 1. The second kappa shape index (κ2) is 8.22. The van der Waals surface area contributed by atoms with Crippen LogP contribution >= 0.6 is 0 Å². The Labute approximate surface area is 180 Å². The first-order valence-corrected chi connectivity index (χ1v) is 10.7. The predicted molar refractivity (Wildman–Crippen MR) is 119 cm³/mol. The van der Waals surface area contributed by atoms with E-state index in [1.165, 1.54) is 12.8 Å². The van der Waals surface area contributed by atoms with Gasteiger partial charge in [0.1, 0.15) is 11.5 Å². The lowest BCUT2D eigenvalue weighted by Gasteiger charge is -2.12. The smallest absolute Gasteiger partial charge is 0.251 e. The number of rotatable bonds is 5. The topological polar surface area (TPSA) is 73.0 Å². The molecule has 6 nitrogen and oxygen atoms in total. The summed E-state index contributed by atoms with van der Waals surface area (Å²) >= 11 is 0. The largest absolute Gasteiger partial charge is 0.360 e. The third-order valence-electron chi connectivity index (χ3n) is 5.87. The summed E-state index contributed by atoms with van der Waals surface area (Å²) in [7, 11) is 0. The number of carbonyl (C=O) groups is 1. The first kappa shape index (κ1) is 19.3. The Kier molecular flexibility index (Phi) is 5.12. The lowest BCUT2D eigenvalue weighted by atomic mass is 10.0. The van der Waals surface area contributed by atoms with Crippen molar-refractivity contribution in [1.29, 1.82) is 0 Å². The number of hydrogen-bond acceptors (Lipinski definition) is 4. The molecule has 1 fully saturated rings. The van der Waals surface area contributed by atoms with Crippen LogP contribution in [0.15, 0.2) is 71.6 Å². The lowest BCUT2D eigenvalue weighted by molar-refractivity contribution is 0.0938. The molecule has 2 aromatic carbocycles. The second-order valence-electron chi connectivity index (χ2n) is 8.00. The molecule has 2 heterocycles. The molecular weight excluding hydrogens is 388 g/mol. The summed E-state index contributed by atoms with van der Waals surface area (Å²) in [6.07, 6.45) is 8.28. The Bertz CT molecular complexity index is 1190. The van der Waals surface area contributed by atoms with E-state index in [2.05, 4.69) is 15.5 Å². The van der Waals surface area contributed by atoms with Crippen molar-refractivity contribution in [1.82, 2.24) is 20.0 Å². The molecule has 4 aromatic rings. The molecule has 0 aliphatic heterocycles. The quantitative estimate of drug-likeness (QED) is 0.490. The zero-order valence-electron chi connectivity index (χ0n) is 17.4. The molecule has 31 heavy (non-hydrogen) atoms. The molecule has 5 rings (SSSR count). The van der Waals surface area contributed by atoms with E-state index in [0.717, 1.165) is 46.8 Å². The van der Waals surface area contributed by atoms with Gasteiger partial charge in [-0.2, -0.15) is 0 Å². The van der Waals surface area contributed by atoms with Gasteiger partial charge >= 0.3 is 0 Å². The molecule has 0 radical (unpaired) electrons. The van der Waals surface area contributed by atoms with Crippen LogP contribution in [-0.4, -0.2) is 26.7 Å². The van der Waals surface area contributed by atoms with Crippen LogP contribution in [0.25, 0.3) is 28.2 Å². The molecule has 156 valence electrons. The third-order valence-corrected chi connectivity index (χ3v) is 5.87. The van der Waals surface area contributed by atoms with Gasteiger partial charge in [0.15, 0.2) is 0 Å². The van der Waals surface area contributed by atoms with E-state index >= 15 is 0 Å². The molecule has 0 bridgehead atoms. The van der Waals surface area contributed by atoms with E-state index in [1.807, 2.05) is 72.3 Å². The molecule has 6 heteroatoms. The highest BCUT2D eigenvalue weighted by Gasteiger charge is 2.20.